The summed E-state index contributed by atoms with van der Waals surface area (Å²) in [4.78, 5) is 36.5. The van der Waals surface area contributed by atoms with Gasteiger partial charge in [0.05, 0.1) is 0 Å². The highest BCUT2D eigenvalue weighted by Gasteiger charge is 2.22. The zero-order chi connectivity index (χ0) is 17.4. The zero-order valence-electron chi connectivity index (χ0n) is 14.6. The first-order valence-corrected chi connectivity index (χ1v) is 8.69. The van der Waals surface area contributed by atoms with Gasteiger partial charge in [-0.25, -0.2) is 9.97 Å². The van der Waals surface area contributed by atoms with Crippen LogP contribution in [0.2, 0.25) is 0 Å². The molecule has 1 aromatic heterocycles. The molecule has 1 atom stereocenters. The molecule has 2 rings (SSSR count). The van der Waals surface area contributed by atoms with Crippen molar-refractivity contribution in [2.75, 3.05) is 37.6 Å². The van der Waals surface area contributed by atoms with Crippen molar-refractivity contribution in [1.29, 1.82) is 0 Å². The topological polar surface area (TPSA) is 78.4 Å². The molecule has 1 fully saturated rings. The molecule has 0 saturated carbocycles. The SMILES string of the molecule is CCC[C@@H](C)C(=O)NCCC(=O)N1CCN(c2ncccn2)CC1. The summed E-state index contributed by atoms with van der Waals surface area (Å²) in [6.45, 7) is 7.19. The van der Waals surface area contributed by atoms with Crippen LogP contribution in [0.1, 0.15) is 33.1 Å². The monoisotopic (exact) mass is 333 g/mol. The Bertz CT molecular complexity index is 529. The number of nitrogens with one attached hydrogen (secondary N) is 1. The molecule has 7 heteroatoms. The van der Waals surface area contributed by atoms with Crippen molar-refractivity contribution < 1.29 is 9.59 Å². The third kappa shape index (κ3) is 5.18. The van der Waals surface area contributed by atoms with E-state index in [1.54, 1.807) is 18.5 Å². The fraction of sp³-hybridized carbons (Fsp3) is 0.647. The molecule has 132 valence electrons. The Hall–Kier alpha value is -2.18. The van der Waals surface area contributed by atoms with E-state index in [0.29, 0.717) is 32.0 Å². The van der Waals surface area contributed by atoms with E-state index in [1.807, 2.05) is 11.8 Å². The van der Waals surface area contributed by atoms with Crippen LogP contribution in [0, 0.1) is 5.92 Å². The minimum atomic E-state index is 0.0134. The lowest BCUT2D eigenvalue weighted by molar-refractivity contribution is -0.131. The minimum Gasteiger partial charge on any atom is -0.355 e. The number of hydrogen-bond acceptors (Lipinski definition) is 5. The molecule has 1 aliphatic rings. The number of hydrogen-bond donors (Lipinski definition) is 1. The lowest BCUT2D eigenvalue weighted by Crippen LogP contribution is -2.49. The molecular weight excluding hydrogens is 306 g/mol. The van der Waals surface area contributed by atoms with Crippen LogP contribution >= 0.6 is 0 Å². The molecule has 1 aliphatic heterocycles. The lowest BCUT2D eigenvalue weighted by Gasteiger charge is -2.34. The van der Waals surface area contributed by atoms with Crippen LogP contribution in [0.25, 0.3) is 0 Å². The van der Waals surface area contributed by atoms with E-state index in [-0.39, 0.29) is 17.7 Å². The second-order valence-corrected chi connectivity index (χ2v) is 6.15. The Balaban J connectivity index is 1.68. The molecule has 0 spiro atoms. The number of nitrogens with zero attached hydrogens (tertiary/aromatic N) is 4. The molecule has 24 heavy (non-hydrogen) atoms. The van der Waals surface area contributed by atoms with Crippen molar-refractivity contribution in [3.05, 3.63) is 18.5 Å². The number of anilines is 1. The summed E-state index contributed by atoms with van der Waals surface area (Å²) in [5, 5.41) is 2.86. The molecule has 1 aromatic rings. The number of carbonyl (C=O) groups is 2. The summed E-state index contributed by atoms with van der Waals surface area (Å²) in [6.07, 6.45) is 5.67. The van der Waals surface area contributed by atoms with Crippen LogP contribution < -0.4 is 10.2 Å². The Labute approximate surface area is 143 Å². The maximum absolute atomic E-state index is 12.2. The molecule has 7 nitrogen and oxygen atoms in total. The minimum absolute atomic E-state index is 0.0134. The van der Waals surface area contributed by atoms with E-state index >= 15 is 0 Å². The number of aromatic nitrogens is 2. The first-order valence-electron chi connectivity index (χ1n) is 8.69. The van der Waals surface area contributed by atoms with Crippen LogP contribution in [0.15, 0.2) is 18.5 Å². The van der Waals surface area contributed by atoms with Gasteiger partial charge in [-0.15, -0.1) is 0 Å². The summed E-state index contributed by atoms with van der Waals surface area (Å²) < 4.78 is 0. The maximum Gasteiger partial charge on any atom is 0.225 e. The van der Waals surface area contributed by atoms with Gasteiger partial charge in [0.15, 0.2) is 0 Å². The Morgan fingerprint density at radius 2 is 1.88 bits per heavy atom. The quantitative estimate of drug-likeness (QED) is 0.807. The van der Waals surface area contributed by atoms with Crippen LogP contribution in [-0.4, -0.2) is 59.4 Å². The van der Waals surface area contributed by atoms with Crippen molar-refractivity contribution >= 4 is 17.8 Å². The van der Waals surface area contributed by atoms with E-state index in [4.69, 9.17) is 0 Å². The van der Waals surface area contributed by atoms with Gasteiger partial charge < -0.3 is 15.1 Å². The summed E-state index contributed by atoms with van der Waals surface area (Å²) in [6, 6.07) is 1.79. The van der Waals surface area contributed by atoms with Crippen LogP contribution in [0.5, 0.6) is 0 Å². The average Bonchev–Trinajstić information content (AvgIpc) is 2.62. The Morgan fingerprint density at radius 1 is 1.21 bits per heavy atom. The van der Waals surface area contributed by atoms with E-state index in [2.05, 4.69) is 27.1 Å². The van der Waals surface area contributed by atoms with Gasteiger partial charge in [-0.2, -0.15) is 0 Å². The fourth-order valence-electron chi connectivity index (χ4n) is 2.80. The van der Waals surface area contributed by atoms with Gasteiger partial charge in [0, 0.05) is 57.5 Å². The van der Waals surface area contributed by atoms with E-state index in [1.165, 1.54) is 0 Å². The van der Waals surface area contributed by atoms with Gasteiger partial charge in [0.25, 0.3) is 0 Å². The number of carbonyl (C=O) groups excluding carboxylic acids is 2. The molecule has 0 unspecified atom stereocenters. The summed E-state index contributed by atoms with van der Waals surface area (Å²) >= 11 is 0. The van der Waals surface area contributed by atoms with Crippen molar-refractivity contribution in [1.82, 2.24) is 20.2 Å². The van der Waals surface area contributed by atoms with E-state index in [9.17, 15) is 9.59 Å². The van der Waals surface area contributed by atoms with Gasteiger partial charge in [-0.05, 0) is 12.5 Å². The first-order chi connectivity index (χ1) is 11.6. The molecule has 2 amide bonds. The number of piperazine rings is 1. The number of rotatable bonds is 7. The van der Waals surface area contributed by atoms with E-state index in [0.717, 1.165) is 25.9 Å². The van der Waals surface area contributed by atoms with Crippen LogP contribution in [0.4, 0.5) is 5.95 Å². The third-order valence-corrected chi connectivity index (χ3v) is 4.27. The van der Waals surface area contributed by atoms with Gasteiger partial charge in [0.2, 0.25) is 17.8 Å². The summed E-state index contributed by atoms with van der Waals surface area (Å²) in [5.41, 5.74) is 0. The van der Waals surface area contributed by atoms with Crippen molar-refractivity contribution in [2.24, 2.45) is 5.92 Å². The molecule has 1 saturated heterocycles. The smallest absolute Gasteiger partial charge is 0.225 e. The molecule has 1 N–H and O–H groups in total. The summed E-state index contributed by atoms with van der Waals surface area (Å²) in [7, 11) is 0. The maximum atomic E-state index is 12.2. The molecule has 0 aromatic carbocycles. The molecule has 2 heterocycles. The molecular formula is C17H27N5O2. The second kappa shape index (κ2) is 9.20. The Morgan fingerprint density at radius 3 is 2.50 bits per heavy atom. The Kier molecular flexibility index (Phi) is 6.96. The number of amides is 2. The van der Waals surface area contributed by atoms with Crippen molar-refractivity contribution in [3.63, 3.8) is 0 Å². The van der Waals surface area contributed by atoms with Crippen molar-refractivity contribution in [3.8, 4) is 0 Å². The molecule has 0 bridgehead atoms. The fourth-order valence-corrected chi connectivity index (χ4v) is 2.80. The van der Waals surface area contributed by atoms with Crippen molar-refractivity contribution in [2.45, 2.75) is 33.1 Å². The highest BCUT2D eigenvalue weighted by Crippen LogP contribution is 2.10. The molecule has 0 aliphatic carbocycles. The van der Waals surface area contributed by atoms with Gasteiger partial charge in [-0.1, -0.05) is 20.3 Å². The lowest BCUT2D eigenvalue weighted by atomic mass is 10.1. The predicted octanol–water partition coefficient (Wildman–Crippen LogP) is 1.07. The van der Waals surface area contributed by atoms with Crippen LogP contribution in [0.3, 0.4) is 0 Å². The highest BCUT2D eigenvalue weighted by atomic mass is 16.2. The highest BCUT2D eigenvalue weighted by molar-refractivity contribution is 5.80. The van der Waals surface area contributed by atoms with Crippen LogP contribution in [-0.2, 0) is 9.59 Å². The van der Waals surface area contributed by atoms with Gasteiger partial charge >= 0.3 is 0 Å². The third-order valence-electron chi connectivity index (χ3n) is 4.27. The standard InChI is InChI=1S/C17H27N5O2/c1-3-5-14(2)16(24)18-9-6-15(23)21-10-12-22(13-11-21)17-19-7-4-8-20-17/h4,7-8,14H,3,5-6,9-13H2,1-2H3,(H,18,24)/t14-/m1/s1. The largest absolute Gasteiger partial charge is 0.355 e. The van der Waals surface area contributed by atoms with Gasteiger partial charge in [0.1, 0.15) is 0 Å². The summed E-state index contributed by atoms with van der Waals surface area (Å²) in [5.74, 6) is 0.851. The van der Waals surface area contributed by atoms with Gasteiger partial charge in [-0.3, -0.25) is 9.59 Å². The zero-order valence-corrected chi connectivity index (χ0v) is 14.6. The normalized spacial score (nSPS) is 15.9. The average molecular weight is 333 g/mol. The predicted molar refractivity (Wildman–Crippen MR) is 92.5 cm³/mol. The first kappa shape index (κ1) is 18.2. The molecule has 0 radical (unpaired) electrons. The second-order valence-electron chi connectivity index (χ2n) is 6.15. The van der Waals surface area contributed by atoms with E-state index < -0.39 is 0 Å².